The number of nitrogens with zero attached hydrogens (tertiary/aromatic N) is 4. The summed E-state index contributed by atoms with van der Waals surface area (Å²) in [4.78, 5) is 41.7. The average molecular weight is 471 g/mol. The third-order valence-corrected chi connectivity index (χ3v) is 5.35. The van der Waals surface area contributed by atoms with Crippen molar-refractivity contribution in [3.05, 3.63) is 64.1 Å². The first-order chi connectivity index (χ1) is 16.6. The minimum Gasteiger partial charge on any atom is -0.468 e. The number of carbonyl (C=O) groups is 2. The van der Waals surface area contributed by atoms with Gasteiger partial charge in [-0.15, -0.1) is 9.97 Å². The summed E-state index contributed by atoms with van der Waals surface area (Å²) in [5.41, 5.74) is 0.0228. The number of esters is 2. The zero-order valence-corrected chi connectivity index (χ0v) is 19.7. The molecule has 176 valence electrons. The quantitative estimate of drug-likeness (QED) is 0.342. The summed E-state index contributed by atoms with van der Waals surface area (Å²) in [5, 5.41) is 4.34. The minimum atomic E-state index is -1.29. The summed E-state index contributed by atoms with van der Waals surface area (Å²) in [5.74, 6) is -2.91. The van der Waals surface area contributed by atoms with E-state index in [2.05, 4.69) is 25.0 Å². The summed E-state index contributed by atoms with van der Waals surface area (Å²) in [6, 6.07) is 7.14. The number of fused-ring (bicyclic) bond motifs is 6. The Morgan fingerprint density at radius 1 is 1.00 bits per heavy atom. The van der Waals surface area contributed by atoms with Crippen molar-refractivity contribution in [3.63, 3.8) is 0 Å². The number of carbonyl (C=O) groups excluding carboxylic acids is 2. The van der Waals surface area contributed by atoms with E-state index in [1.165, 1.54) is 14.2 Å². The molecule has 0 bridgehead atoms. The van der Waals surface area contributed by atoms with E-state index in [0.29, 0.717) is 16.3 Å². The highest BCUT2D eigenvalue weighted by Crippen LogP contribution is 2.48. The summed E-state index contributed by atoms with van der Waals surface area (Å²) in [6.07, 6.45) is 0. The van der Waals surface area contributed by atoms with E-state index >= 15 is 0 Å². The topological polar surface area (TPSA) is 108 Å². The summed E-state index contributed by atoms with van der Waals surface area (Å²) >= 11 is 0. The Balaban J connectivity index is 2.22. The molecule has 10 nitrogen and oxygen atoms in total. The molecule has 1 atom stereocenters. The molecule has 10 heteroatoms. The molecule has 3 aromatic rings. The number of aromatic nitrogens is 2. The first kappa shape index (κ1) is 23.5. The molecule has 0 fully saturated rings. The average Bonchev–Trinajstić information content (AvgIpc) is 2.85. The van der Waals surface area contributed by atoms with E-state index < -0.39 is 23.4 Å². The fourth-order valence-electron chi connectivity index (χ4n) is 4.00. The Hall–Kier alpha value is -4.70. The third-order valence-electron chi connectivity index (χ3n) is 5.35. The van der Waals surface area contributed by atoms with E-state index in [4.69, 9.17) is 27.4 Å². The van der Waals surface area contributed by atoms with Crippen molar-refractivity contribution in [3.8, 4) is 5.75 Å². The Morgan fingerprint density at radius 2 is 1.60 bits per heavy atom. The minimum absolute atomic E-state index is 0.0490. The standard InChI is InChI=1S/C25H21N5O5/c1-25(2,3)30-22-16(24(32)34-7)14(23(31)33-6)15-18-17(28-20(26-4)21(27-5)29-18)12-10-8-9-11-13(12)19(15)35-22/h8-11,14,30H,1-3,6-7H3. The van der Waals surface area contributed by atoms with Crippen molar-refractivity contribution in [2.45, 2.75) is 32.2 Å². The fraction of sp³-hybridized carbons (Fsp3) is 0.280. The van der Waals surface area contributed by atoms with Crippen LogP contribution in [0.1, 0.15) is 32.3 Å². The number of methoxy groups -OCH3 is 2. The van der Waals surface area contributed by atoms with E-state index in [1.807, 2.05) is 20.8 Å². The van der Waals surface area contributed by atoms with Crippen LogP contribution in [0, 0.1) is 13.1 Å². The van der Waals surface area contributed by atoms with E-state index in [1.54, 1.807) is 24.3 Å². The number of hydrogen-bond acceptors (Lipinski definition) is 8. The van der Waals surface area contributed by atoms with E-state index in [0.717, 1.165) is 0 Å². The number of rotatable bonds is 3. The van der Waals surface area contributed by atoms with Crippen molar-refractivity contribution in [1.29, 1.82) is 0 Å². The van der Waals surface area contributed by atoms with Gasteiger partial charge in [-0.1, -0.05) is 31.3 Å². The van der Waals surface area contributed by atoms with Crippen LogP contribution in [0.15, 0.2) is 35.7 Å². The molecule has 0 radical (unpaired) electrons. The van der Waals surface area contributed by atoms with Gasteiger partial charge in [-0.25, -0.2) is 4.79 Å². The number of hydrogen-bond donors (Lipinski definition) is 1. The van der Waals surface area contributed by atoms with Crippen molar-refractivity contribution in [2.24, 2.45) is 0 Å². The van der Waals surface area contributed by atoms with E-state index in [-0.39, 0.29) is 39.9 Å². The maximum atomic E-state index is 13.2. The fourth-order valence-corrected chi connectivity index (χ4v) is 4.00. The molecule has 2 aromatic carbocycles. The highest BCUT2D eigenvalue weighted by molar-refractivity contribution is 6.13. The van der Waals surface area contributed by atoms with Crippen molar-refractivity contribution in [1.82, 2.24) is 15.3 Å². The van der Waals surface area contributed by atoms with Gasteiger partial charge in [-0.05, 0) is 26.8 Å². The molecule has 1 aliphatic heterocycles. The first-order valence-electron chi connectivity index (χ1n) is 10.5. The van der Waals surface area contributed by atoms with Gasteiger partial charge in [0.25, 0.3) is 11.6 Å². The second kappa shape index (κ2) is 8.58. The van der Waals surface area contributed by atoms with Crippen LogP contribution in [-0.2, 0) is 19.1 Å². The molecule has 0 amide bonds. The van der Waals surface area contributed by atoms with Gasteiger partial charge in [0, 0.05) is 16.3 Å². The second-order valence-electron chi connectivity index (χ2n) is 8.75. The normalized spacial score (nSPS) is 15.0. The van der Waals surface area contributed by atoms with Crippen LogP contribution in [0.3, 0.4) is 0 Å². The maximum Gasteiger partial charge on any atom is 0.340 e. The molecule has 0 spiro atoms. The molecule has 35 heavy (non-hydrogen) atoms. The molecule has 1 aromatic heterocycles. The lowest BCUT2D eigenvalue weighted by molar-refractivity contribution is -0.145. The zero-order chi connectivity index (χ0) is 25.5. The van der Waals surface area contributed by atoms with Gasteiger partial charge in [0.2, 0.25) is 16.9 Å². The summed E-state index contributed by atoms with van der Waals surface area (Å²) < 4.78 is 16.4. The van der Waals surface area contributed by atoms with Crippen LogP contribution in [0.4, 0.5) is 11.6 Å². The number of nitrogens with one attached hydrogen (secondary N) is 1. The molecule has 0 saturated carbocycles. The molecule has 1 N–H and O–H groups in total. The van der Waals surface area contributed by atoms with Crippen molar-refractivity contribution in [2.75, 3.05) is 14.2 Å². The van der Waals surface area contributed by atoms with Crippen LogP contribution >= 0.6 is 0 Å². The molecular formula is C25H21N5O5. The largest absolute Gasteiger partial charge is 0.468 e. The number of ether oxygens (including phenoxy) is 3. The SMILES string of the molecule is [C-]#[N+]c1nc2c3c(c4ccccc4c2nc1[N+]#[C-])OC(NC(C)(C)C)=C(C(=O)OC)C3C(=O)OC. The lowest BCUT2D eigenvalue weighted by Crippen LogP contribution is -2.41. The van der Waals surface area contributed by atoms with Gasteiger partial charge in [-0.2, -0.15) is 0 Å². The third kappa shape index (κ3) is 3.85. The highest BCUT2D eigenvalue weighted by Gasteiger charge is 2.45. The Kier molecular flexibility index (Phi) is 5.75. The molecule has 4 rings (SSSR count). The van der Waals surface area contributed by atoms with Crippen LogP contribution in [0.5, 0.6) is 5.75 Å². The van der Waals surface area contributed by atoms with Crippen LogP contribution in [0.25, 0.3) is 31.5 Å². The predicted molar refractivity (Wildman–Crippen MR) is 127 cm³/mol. The highest BCUT2D eigenvalue weighted by atomic mass is 16.5. The molecular weight excluding hydrogens is 450 g/mol. The van der Waals surface area contributed by atoms with Gasteiger partial charge in [-0.3, -0.25) is 4.79 Å². The first-order valence-corrected chi connectivity index (χ1v) is 10.5. The molecule has 1 unspecified atom stereocenters. The smallest absolute Gasteiger partial charge is 0.340 e. The van der Waals surface area contributed by atoms with Crippen LogP contribution in [-0.4, -0.2) is 41.7 Å². The van der Waals surface area contributed by atoms with Crippen LogP contribution in [0.2, 0.25) is 0 Å². The predicted octanol–water partition coefficient (Wildman–Crippen LogP) is 4.31. The zero-order valence-electron chi connectivity index (χ0n) is 19.7. The van der Waals surface area contributed by atoms with Gasteiger partial charge in [0.15, 0.2) is 0 Å². The van der Waals surface area contributed by atoms with Gasteiger partial charge < -0.3 is 29.2 Å². The summed E-state index contributed by atoms with van der Waals surface area (Å²) in [7, 11) is 2.41. The molecule has 1 aliphatic rings. The monoisotopic (exact) mass is 471 g/mol. The van der Waals surface area contributed by atoms with Gasteiger partial charge >= 0.3 is 11.9 Å². The second-order valence-corrected chi connectivity index (χ2v) is 8.75. The Bertz CT molecular complexity index is 1520. The molecule has 0 aliphatic carbocycles. The molecule has 0 saturated heterocycles. The lowest BCUT2D eigenvalue weighted by atomic mass is 9.85. The van der Waals surface area contributed by atoms with E-state index in [9.17, 15) is 9.59 Å². The maximum absolute atomic E-state index is 13.2. The lowest BCUT2D eigenvalue weighted by Gasteiger charge is -2.32. The molecule has 2 heterocycles. The Labute approximate surface area is 201 Å². The van der Waals surface area contributed by atoms with Crippen molar-refractivity contribution >= 4 is 45.4 Å². The summed E-state index contributed by atoms with van der Waals surface area (Å²) in [6.45, 7) is 20.5. The van der Waals surface area contributed by atoms with Gasteiger partial charge in [0.1, 0.15) is 17.2 Å². The Morgan fingerprint density at radius 3 is 2.14 bits per heavy atom. The number of benzene rings is 2. The van der Waals surface area contributed by atoms with Crippen LogP contribution < -0.4 is 10.1 Å². The van der Waals surface area contributed by atoms with Crippen molar-refractivity contribution < 1.29 is 23.8 Å². The van der Waals surface area contributed by atoms with Gasteiger partial charge in [0.05, 0.1) is 19.8 Å².